The lowest BCUT2D eigenvalue weighted by molar-refractivity contribution is -0.118. The molecule has 158 valence electrons. The lowest BCUT2D eigenvalue weighted by Crippen LogP contribution is -2.20. The Hall–Kier alpha value is -3.26. The van der Waals surface area contributed by atoms with Crippen molar-refractivity contribution >= 4 is 22.4 Å². The van der Waals surface area contributed by atoms with E-state index in [1.54, 1.807) is 26.4 Å². The van der Waals surface area contributed by atoms with Crippen LogP contribution in [0, 0.1) is 0 Å². The van der Waals surface area contributed by atoms with Gasteiger partial charge in [-0.25, -0.2) is 4.98 Å². The first kappa shape index (κ1) is 21.4. The van der Waals surface area contributed by atoms with Crippen molar-refractivity contribution < 1.29 is 23.7 Å². The van der Waals surface area contributed by atoms with Gasteiger partial charge < -0.3 is 18.9 Å². The van der Waals surface area contributed by atoms with Gasteiger partial charge in [-0.1, -0.05) is 19.1 Å². The summed E-state index contributed by atoms with van der Waals surface area (Å²) in [6.45, 7) is 2.47. The fraction of sp³-hybridized carbons (Fsp3) is 0.273. The molecule has 1 N–H and O–H groups in total. The fourth-order valence-corrected chi connectivity index (χ4v) is 3.39. The molecule has 0 unspecified atom stereocenters. The van der Waals surface area contributed by atoms with Crippen LogP contribution in [0.4, 0.5) is 5.13 Å². The Labute approximate surface area is 179 Å². The minimum atomic E-state index is -0.303. The Morgan fingerprint density at radius 2 is 1.80 bits per heavy atom. The molecule has 8 heteroatoms. The van der Waals surface area contributed by atoms with Crippen LogP contribution in [0.1, 0.15) is 13.3 Å². The maximum absolute atomic E-state index is 12.3. The molecular formula is C22H24N2O5S. The van der Waals surface area contributed by atoms with Crippen LogP contribution in [0.25, 0.3) is 11.3 Å². The van der Waals surface area contributed by atoms with Gasteiger partial charge in [0.2, 0.25) is 0 Å². The fourth-order valence-electron chi connectivity index (χ4n) is 2.66. The van der Waals surface area contributed by atoms with E-state index in [0.29, 0.717) is 40.4 Å². The van der Waals surface area contributed by atoms with E-state index in [-0.39, 0.29) is 12.5 Å². The van der Waals surface area contributed by atoms with Crippen molar-refractivity contribution in [3.05, 3.63) is 47.8 Å². The third-order valence-corrected chi connectivity index (χ3v) is 4.86. The van der Waals surface area contributed by atoms with Crippen LogP contribution in [0.3, 0.4) is 0 Å². The normalized spacial score (nSPS) is 10.4. The third-order valence-electron chi connectivity index (χ3n) is 4.10. The molecule has 0 aliphatic carbocycles. The molecule has 30 heavy (non-hydrogen) atoms. The summed E-state index contributed by atoms with van der Waals surface area (Å²) in [6.07, 6.45) is 0.889. The van der Waals surface area contributed by atoms with Crippen molar-refractivity contribution in [1.29, 1.82) is 0 Å². The highest BCUT2D eigenvalue weighted by molar-refractivity contribution is 7.14. The number of amides is 1. The van der Waals surface area contributed by atoms with E-state index in [4.69, 9.17) is 18.9 Å². The summed E-state index contributed by atoms with van der Waals surface area (Å²) >= 11 is 1.33. The van der Waals surface area contributed by atoms with E-state index >= 15 is 0 Å². The summed E-state index contributed by atoms with van der Waals surface area (Å²) in [6, 6.07) is 12.8. The zero-order valence-electron chi connectivity index (χ0n) is 17.1. The molecule has 7 nitrogen and oxygen atoms in total. The Bertz CT molecular complexity index is 989. The summed E-state index contributed by atoms with van der Waals surface area (Å²) in [4.78, 5) is 16.8. The first-order chi connectivity index (χ1) is 14.6. The minimum absolute atomic E-state index is 0.146. The Kier molecular flexibility index (Phi) is 7.51. The number of benzene rings is 2. The summed E-state index contributed by atoms with van der Waals surface area (Å²) in [5, 5.41) is 5.10. The van der Waals surface area contributed by atoms with Gasteiger partial charge in [0.25, 0.3) is 5.91 Å². The van der Waals surface area contributed by atoms with Crippen LogP contribution in [0.15, 0.2) is 47.8 Å². The number of carbonyl (C=O) groups excluding carboxylic acids is 1. The number of carbonyl (C=O) groups is 1. The minimum Gasteiger partial charge on any atom is -0.497 e. The predicted octanol–water partition coefficient (Wildman–Crippen LogP) is 4.63. The summed E-state index contributed by atoms with van der Waals surface area (Å²) in [5.41, 5.74) is 1.52. The van der Waals surface area contributed by atoms with Crippen molar-refractivity contribution in [3.8, 4) is 34.3 Å². The molecule has 1 amide bonds. The van der Waals surface area contributed by atoms with Gasteiger partial charge >= 0.3 is 0 Å². The number of nitrogens with one attached hydrogen (secondary N) is 1. The van der Waals surface area contributed by atoms with Crippen LogP contribution >= 0.6 is 11.3 Å². The van der Waals surface area contributed by atoms with E-state index in [2.05, 4.69) is 10.3 Å². The van der Waals surface area contributed by atoms with E-state index < -0.39 is 0 Å². The Morgan fingerprint density at radius 3 is 2.50 bits per heavy atom. The van der Waals surface area contributed by atoms with Gasteiger partial charge in [0.15, 0.2) is 23.2 Å². The number of hydrogen-bond acceptors (Lipinski definition) is 7. The first-order valence-corrected chi connectivity index (χ1v) is 10.3. The second-order valence-corrected chi connectivity index (χ2v) is 7.09. The van der Waals surface area contributed by atoms with Crippen LogP contribution in [0.5, 0.6) is 23.0 Å². The molecule has 3 rings (SSSR count). The zero-order chi connectivity index (χ0) is 21.3. The van der Waals surface area contributed by atoms with Crippen LogP contribution in [-0.4, -0.2) is 38.3 Å². The molecular weight excluding hydrogens is 404 g/mol. The molecule has 0 radical (unpaired) electrons. The molecule has 0 saturated carbocycles. The van der Waals surface area contributed by atoms with Gasteiger partial charge in [-0.3, -0.25) is 10.1 Å². The quantitative estimate of drug-likeness (QED) is 0.507. The van der Waals surface area contributed by atoms with Gasteiger partial charge in [0.05, 0.1) is 26.5 Å². The maximum Gasteiger partial charge on any atom is 0.264 e. The van der Waals surface area contributed by atoms with E-state index in [1.807, 2.05) is 42.6 Å². The van der Waals surface area contributed by atoms with Crippen LogP contribution < -0.4 is 24.3 Å². The molecule has 0 spiro atoms. The number of ether oxygens (including phenoxy) is 4. The Balaban J connectivity index is 1.62. The van der Waals surface area contributed by atoms with Crippen molar-refractivity contribution in [2.45, 2.75) is 13.3 Å². The van der Waals surface area contributed by atoms with Crippen LogP contribution in [-0.2, 0) is 4.79 Å². The third kappa shape index (κ3) is 5.42. The molecule has 1 heterocycles. The van der Waals surface area contributed by atoms with Gasteiger partial charge in [0, 0.05) is 17.0 Å². The van der Waals surface area contributed by atoms with Gasteiger partial charge in [-0.15, -0.1) is 11.3 Å². The number of hydrogen-bond donors (Lipinski definition) is 1. The molecule has 1 aromatic heterocycles. The van der Waals surface area contributed by atoms with Crippen molar-refractivity contribution in [2.24, 2.45) is 0 Å². The number of rotatable bonds is 10. The second kappa shape index (κ2) is 10.5. The zero-order valence-corrected chi connectivity index (χ0v) is 18.0. The SMILES string of the molecule is CCCOc1ccccc1OCC(=O)Nc1nc(-c2ccc(OC)cc2OC)cs1. The highest BCUT2D eigenvalue weighted by Crippen LogP contribution is 2.35. The predicted molar refractivity (Wildman–Crippen MR) is 117 cm³/mol. The maximum atomic E-state index is 12.3. The average Bonchev–Trinajstić information content (AvgIpc) is 3.24. The number of para-hydroxylation sites is 2. The standard InChI is InChI=1S/C22H24N2O5S/c1-4-11-28-18-7-5-6-8-19(18)29-13-21(25)24-22-23-17(14-30-22)16-10-9-15(26-2)12-20(16)27-3/h5-10,12,14H,4,11,13H2,1-3H3,(H,23,24,25). The van der Waals surface area contributed by atoms with Crippen molar-refractivity contribution in [2.75, 3.05) is 32.8 Å². The highest BCUT2D eigenvalue weighted by Gasteiger charge is 2.14. The van der Waals surface area contributed by atoms with E-state index in [1.165, 1.54) is 11.3 Å². The number of thiazole rings is 1. The molecule has 0 fully saturated rings. The largest absolute Gasteiger partial charge is 0.497 e. The van der Waals surface area contributed by atoms with Crippen molar-refractivity contribution in [1.82, 2.24) is 4.98 Å². The monoisotopic (exact) mass is 428 g/mol. The second-order valence-electron chi connectivity index (χ2n) is 6.24. The smallest absolute Gasteiger partial charge is 0.264 e. The molecule has 0 aliphatic rings. The molecule has 3 aromatic rings. The summed E-state index contributed by atoms with van der Waals surface area (Å²) in [5.74, 6) is 2.19. The molecule has 0 bridgehead atoms. The van der Waals surface area contributed by atoms with Crippen LogP contribution in [0.2, 0.25) is 0 Å². The lowest BCUT2D eigenvalue weighted by atomic mass is 10.1. The molecule has 0 saturated heterocycles. The topological polar surface area (TPSA) is 78.9 Å². The molecule has 0 atom stereocenters. The molecule has 2 aromatic carbocycles. The van der Waals surface area contributed by atoms with Crippen molar-refractivity contribution in [3.63, 3.8) is 0 Å². The summed E-state index contributed by atoms with van der Waals surface area (Å²) in [7, 11) is 3.19. The lowest BCUT2D eigenvalue weighted by Gasteiger charge is -2.11. The van der Waals surface area contributed by atoms with Gasteiger partial charge in [0.1, 0.15) is 11.5 Å². The average molecular weight is 429 g/mol. The number of anilines is 1. The number of nitrogens with zero attached hydrogens (tertiary/aromatic N) is 1. The van der Waals surface area contributed by atoms with E-state index in [9.17, 15) is 4.79 Å². The highest BCUT2D eigenvalue weighted by atomic mass is 32.1. The summed E-state index contributed by atoms with van der Waals surface area (Å²) < 4.78 is 21.9. The Morgan fingerprint density at radius 1 is 1.03 bits per heavy atom. The number of aromatic nitrogens is 1. The molecule has 0 aliphatic heterocycles. The van der Waals surface area contributed by atoms with E-state index in [0.717, 1.165) is 12.0 Å². The van der Waals surface area contributed by atoms with Gasteiger partial charge in [-0.05, 0) is 30.7 Å². The first-order valence-electron chi connectivity index (χ1n) is 9.47. The van der Waals surface area contributed by atoms with Gasteiger partial charge in [-0.2, -0.15) is 0 Å². The number of methoxy groups -OCH3 is 2.